The molecule has 2 aliphatic rings. The second kappa shape index (κ2) is 2.16. The number of piperidine rings is 1. The summed E-state index contributed by atoms with van der Waals surface area (Å²) in [5.74, 6) is -4.31. The Labute approximate surface area is 67.8 Å². The molecule has 0 amide bonds. The van der Waals surface area contributed by atoms with Crippen molar-refractivity contribution in [3.05, 3.63) is 0 Å². The van der Waals surface area contributed by atoms with Gasteiger partial charge in [-0.2, -0.15) is 0 Å². The van der Waals surface area contributed by atoms with Crippen LogP contribution in [0.1, 0.15) is 12.8 Å². The van der Waals surface area contributed by atoms with Crippen molar-refractivity contribution in [1.29, 1.82) is 0 Å². The third-order valence-electron chi connectivity index (χ3n) is 2.65. The summed E-state index contributed by atoms with van der Waals surface area (Å²) in [5, 5.41) is 11.0. The fourth-order valence-corrected chi connectivity index (χ4v) is 1.82. The fraction of sp³-hybridized carbons (Fsp3) is 0.857. The van der Waals surface area contributed by atoms with Gasteiger partial charge in [-0.05, 0) is 12.8 Å². The maximum atomic E-state index is 12.7. The number of rotatable bonds is 1. The summed E-state index contributed by atoms with van der Waals surface area (Å²) in [6.07, 6.45) is 0.633. The number of aliphatic carboxylic acids is 1. The van der Waals surface area contributed by atoms with Crippen molar-refractivity contribution in [3.8, 4) is 0 Å². The molecule has 2 fully saturated rings. The van der Waals surface area contributed by atoms with Gasteiger partial charge in [0.25, 0.3) is 5.92 Å². The van der Waals surface area contributed by atoms with Gasteiger partial charge in [0.15, 0.2) is 0 Å². The predicted octanol–water partition coefficient (Wildman–Crippen LogP) is 0.457. The van der Waals surface area contributed by atoms with Crippen molar-refractivity contribution in [2.45, 2.75) is 30.8 Å². The zero-order chi connectivity index (χ0) is 8.93. The molecule has 2 rings (SSSR count). The minimum absolute atomic E-state index is 0.312. The quantitative estimate of drug-likeness (QED) is 0.611. The lowest BCUT2D eigenvalue weighted by Crippen LogP contribution is -2.42. The van der Waals surface area contributed by atoms with Crippen molar-refractivity contribution in [2.75, 3.05) is 0 Å². The summed E-state index contributed by atoms with van der Waals surface area (Å²) >= 11 is 0. The molecule has 0 spiro atoms. The average molecular weight is 177 g/mol. The zero-order valence-electron chi connectivity index (χ0n) is 6.26. The van der Waals surface area contributed by atoms with Gasteiger partial charge in [0.1, 0.15) is 6.04 Å². The van der Waals surface area contributed by atoms with Gasteiger partial charge >= 0.3 is 5.97 Å². The standard InChI is InChI=1S/C7H9F2NO2/c8-7(9)3-1-2-4(6(11)12)10-5(3)7/h3-5,10H,1-2H2,(H,11,12)/t3?,4-,5?/m1/s1. The Hall–Kier alpha value is -0.710. The van der Waals surface area contributed by atoms with Crippen molar-refractivity contribution in [2.24, 2.45) is 5.92 Å². The van der Waals surface area contributed by atoms with E-state index < -0.39 is 29.9 Å². The molecule has 2 N–H and O–H groups in total. The highest BCUT2D eigenvalue weighted by molar-refractivity contribution is 5.73. The Balaban J connectivity index is 2.01. The molecule has 12 heavy (non-hydrogen) atoms. The van der Waals surface area contributed by atoms with E-state index >= 15 is 0 Å². The molecule has 3 nitrogen and oxygen atoms in total. The van der Waals surface area contributed by atoms with Crippen molar-refractivity contribution in [1.82, 2.24) is 5.32 Å². The van der Waals surface area contributed by atoms with Crippen molar-refractivity contribution < 1.29 is 18.7 Å². The van der Waals surface area contributed by atoms with E-state index in [1.54, 1.807) is 0 Å². The van der Waals surface area contributed by atoms with Gasteiger partial charge in [0, 0.05) is 5.92 Å². The Kier molecular flexibility index (Phi) is 1.42. The zero-order valence-corrected chi connectivity index (χ0v) is 6.26. The average Bonchev–Trinajstić information content (AvgIpc) is 2.55. The van der Waals surface area contributed by atoms with E-state index in [0.29, 0.717) is 12.8 Å². The first kappa shape index (κ1) is 7.91. The first-order valence-electron chi connectivity index (χ1n) is 3.90. The molecule has 1 saturated heterocycles. The largest absolute Gasteiger partial charge is 0.480 e. The molecular weight excluding hydrogens is 168 g/mol. The van der Waals surface area contributed by atoms with Gasteiger partial charge in [-0.1, -0.05) is 0 Å². The van der Waals surface area contributed by atoms with Crippen molar-refractivity contribution >= 4 is 5.97 Å². The summed E-state index contributed by atoms with van der Waals surface area (Å²) in [6.45, 7) is 0. The van der Waals surface area contributed by atoms with E-state index in [1.165, 1.54) is 0 Å². The fourth-order valence-electron chi connectivity index (χ4n) is 1.82. The first-order chi connectivity index (χ1) is 5.53. The molecule has 0 bridgehead atoms. The molecule has 2 unspecified atom stereocenters. The van der Waals surface area contributed by atoms with Gasteiger partial charge in [-0.25, -0.2) is 8.78 Å². The number of halogens is 2. The normalized spacial score (nSPS) is 43.3. The van der Waals surface area contributed by atoms with E-state index in [0.717, 1.165) is 0 Å². The van der Waals surface area contributed by atoms with Crippen LogP contribution in [-0.4, -0.2) is 29.1 Å². The van der Waals surface area contributed by atoms with Crippen LogP contribution < -0.4 is 5.32 Å². The number of carbonyl (C=O) groups is 1. The molecule has 1 aliphatic carbocycles. The van der Waals surface area contributed by atoms with E-state index in [4.69, 9.17) is 5.11 Å². The summed E-state index contributed by atoms with van der Waals surface area (Å²) in [5.41, 5.74) is 0. The molecule has 1 heterocycles. The van der Waals surface area contributed by atoms with Crippen LogP contribution in [0.15, 0.2) is 0 Å². The van der Waals surface area contributed by atoms with Gasteiger partial charge in [-0.15, -0.1) is 0 Å². The molecule has 3 atom stereocenters. The third-order valence-corrected chi connectivity index (χ3v) is 2.65. The van der Waals surface area contributed by atoms with Gasteiger partial charge in [0.2, 0.25) is 0 Å². The van der Waals surface area contributed by atoms with Crippen molar-refractivity contribution in [3.63, 3.8) is 0 Å². The summed E-state index contributed by atoms with van der Waals surface area (Å²) < 4.78 is 25.4. The number of carboxylic acids is 1. The second-order valence-electron chi connectivity index (χ2n) is 3.39. The molecule has 68 valence electrons. The number of hydrogen-bond acceptors (Lipinski definition) is 2. The summed E-state index contributed by atoms with van der Waals surface area (Å²) in [7, 11) is 0. The van der Waals surface area contributed by atoms with Crippen LogP contribution in [0.4, 0.5) is 8.78 Å². The first-order valence-corrected chi connectivity index (χ1v) is 3.90. The van der Waals surface area contributed by atoms with Gasteiger partial charge in [0.05, 0.1) is 6.04 Å². The molecule has 0 aromatic heterocycles. The van der Waals surface area contributed by atoms with Crippen LogP contribution >= 0.6 is 0 Å². The number of hydrogen-bond donors (Lipinski definition) is 2. The van der Waals surface area contributed by atoms with Crippen LogP contribution in [0, 0.1) is 5.92 Å². The summed E-state index contributed by atoms with van der Waals surface area (Å²) in [4.78, 5) is 10.4. The Morgan fingerprint density at radius 3 is 2.67 bits per heavy atom. The van der Waals surface area contributed by atoms with Crippen LogP contribution in [0.25, 0.3) is 0 Å². The Morgan fingerprint density at radius 2 is 2.17 bits per heavy atom. The smallest absolute Gasteiger partial charge is 0.320 e. The summed E-state index contributed by atoms with van der Waals surface area (Å²) in [6, 6.07) is -1.66. The molecule has 1 saturated carbocycles. The minimum Gasteiger partial charge on any atom is -0.480 e. The number of fused-ring (bicyclic) bond motifs is 1. The highest BCUT2D eigenvalue weighted by atomic mass is 19.3. The second-order valence-corrected chi connectivity index (χ2v) is 3.39. The van der Waals surface area contributed by atoms with E-state index in [9.17, 15) is 13.6 Å². The molecule has 0 aromatic carbocycles. The number of alkyl halides is 2. The number of carboxylic acid groups (broad SMARTS) is 1. The van der Waals surface area contributed by atoms with E-state index in [-0.39, 0.29) is 0 Å². The SMILES string of the molecule is O=C(O)[C@H]1CCC2C(N1)C2(F)F. The maximum Gasteiger partial charge on any atom is 0.320 e. The highest BCUT2D eigenvalue weighted by Crippen LogP contribution is 2.53. The Morgan fingerprint density at radius 1 is 1.50 bits per heavy atom. The molecule has 5 heteroatoms. The predicted molar refractivity (Wildman–Crippen MR) is 36.0 cm³/mol. The maximum absolute atomic E-state index is 12.7. The topological polar surface area (TPSA) is 49.3 Å². The van der Waals surface area contributed by atoms with Crippen LogP contribution in [0.5, 0.6) is 0 Å². The highest BCUT2D eigenvalue weighted by Gasteiger charge is 2.69. The van der Waals surface area contributed by atoms with Crippen LogP contribution in [-0.2, 0) is 4.79 Å². The molecule has 0 radical (unpaired) electrons. The molecular formula is C7H9F2NO2. The van der Waals surface area contributed by atoms with Crippen LogP contribution in [0.2, 0.25) is 0 Å². The third kappa shape index (κ3) is 0.924. The monoisotopic (exact) mass is 177 g/mol. The minimum atomic E-state index is -2.66. The van der Waals surface area contributed by atoms with Gasteiger partial charge < -0.3 is 5.11 Å². The number of nitrogens with one attached hydrogen (secondary N) is 1. The lowest BCUT2D eigenvalue weighted by Gasteiger charge is -2.16. The molecule has 0 aromatic rings. The van der Waals surface area contributed by atoms with Crippen LogP contribution in [0.3, 0.4) is 0 Å². The lowest BCUT2D eigenvalue weighted by atomic mass is 10.1. The Bertz CT molecular complexity index is 231. The van der Waals surface area contributed by atoms with E-state index in [1.807, 2.05) is 0 Å². The lowest BCUT2D eigenvalue weighted by molar-refractivity contribution is -0.140. The van der Waals surface area contributed by atoms with Gasteiger partial charge in [-0.3, -0.25) is 10.1 Å². The van der Waals surface area contributed by atoms with E-state index in [2.05, 4.69) is 5.32 Å². The molecule has 1 aliphatic heterocycles.